The molecule has 0 spiro atoms. The SMILES string of the molecule is CCCc1c(C(=O)O)nnn1-c1ccc([N+](=O)[O-])c(Br)c1. The Hall–Kier alpha value is -2.29. The molecular weight excluding hydrogens is 344 g/mol. The molecule has 21 heavy (non-hydrogen) atoms. The van der Waals surface area contributed by atoms with Crippen LogP contribution in [0.3, 0.4) is 0 Å². The van der Waals surface area contributed by atoms with E-state index in [2.05, 4.69) is 26.2 Å². The van der Waals surface area contributed by atoms with Gasteiger partial charge in [-0.1, -0.05) is 18.6 Å². The minimum Gasteiger partial charge on any atom is -0.476 e. The predicted molar refractivity (Wildman–Crippen MR) is 76.7 cm³/mol. The summed E-state index contributed by atoms with van der Waals surface area (Å²) in [6, 6.07) is 4.34. The molecule has 110 valence electrons. The van der Waals surface area contributed by atoms with Crippen LogP contribution in [-0.2, 0) is 6.42 Å². The summed E-state index contributed by atoms with van der Waals surface area (Å²) in [5, 5.41) is 27.4. The first-order chi connectivity index (χ1) is 9.95. The lowest BCUT2D eigenvalue weighted by Crippen LogP contribution is -2.07. The van der Waals surface area contributed by atoms with E-state index in [0.717, 1.165) is 6.42 Å². The molecule has 1 aromatic carbocycles. The molecule has 0 fully saturated rings. The zero-order valence-electron chi connectivity index (χ0n) is 11.0. The zero-order valence-corrected chi connectivity index (χ0v) is 12.6. The van der Waals surface area contributed by atoms with Gasteiger partial charge >= 0.3 is 5.97 Å². The van der Waals surface area contributed by atoms with Crippen molar-refractivity contribution in [2.45, 2.75) is 19.8 Å². The highest BCUT2D eigenvalue weighted by Gasteiger charge is 2.20. The Morgan fingerprint density at radius 3 is 2.76 bits per heavy atom. The molecule has 0 atom stereocenters. The number of aromatic carboxylic acids is 1. The Kier molecular flexibility index (Phi) is 4.32. The molecule has 0 saturated heterocycles. The molecule has 0 radical (unpaired) electrons. The summed E-state index contributed by atoms with van der Waals surface area (Å²) in [7, 11) is 0. The first-order valence-electron chi connectivity index (χ1n) is 6.07. The summed E-state index contributed by atoms with van der Waals surface area (Å²) in [6.07, 6.45) is 1.21. The third-order valence-electron chi connectivity index (χ3n) is 2.83. The van der Waals surface area contributed by atoms with Crippen molar-refractivity contribution >= 4 is 27.6 Å². The molecule has 0 unspecified atom stereocenters. The molecular formula is C12H11BrN4O4. The fourth-order valence-electron chi connectivity index (χ4n) is 1.91. The maximum atomic E-state index is 11.1. The summed E-state index contributed by atoms with van der Waals surface area (Å²) in [6.45, 7) is 1.91. The minimum atomic E-state index is -1.15. The lowest BCUT2D eigenvalue weighted by atomic mass is 10.2. The number of aromatic nitrogens is 3. The number of halogens is 1. The molecule has 2 aromatic rings. The van der Waals surface area contributed by atoms with Crippen LogP contribution in [0.15, 0.2) is 22.7 Å². The van der Waals surface area contributed by atoms with E-state index in [-0.39, 0.29) is 11.4 Å². The predicted octanol–water partition coefficient (Wildman–Crippen LogP) is 2.59. The van der Waals surface area contributed by atoms with Crippen molar-refractivity contribution in [1.82, 2.24) is 15.0 Å². The molecule has 0 aliphatic carbocycles. The number of rotatable bonds is 5. The molecule has 0 amide bonds. The van der Waals surface area contributed by atoms with Crippen molar-refractivity contribution in [2.75, 3.05) is 0 Å². The van der Waals surface area contributed by atoms with Gasteiger partial charge in [-0.3, -0.25) is 10.1 Å². The van der Waals surface area contributed by atoms with E-state index in [4.69, 9.17) is 5.11 Å². The fourth-order valence-corrected chi connectivity index (χ4v) is 2.42. The van der Waals surface area contributed by atoms with Crippen LogP contribution in [0, 0.1) is 10.1 Å². The van der Waals surface area contributed by atoms with Gasteiger partial charge in [0, 0.05) is 6.07 Å². The second kappa shape index (κ2) is 6.00. The van der Waals surface area contributed by atoms with Gasteiger partial charge in [0.2, 0.25) is 0 Å². The number of hydrogen-bond acceptors (Lipinski definition) is 5. The van der Waals surface area contributed by atoms with E-state index < -0.39 is 10.9 Å². The summed E-state index contributed by atoms with van der Waals surface area (Å²) in [5.41, 5.74) is 0.794. The Bertz CT molecular complexity index is 713. The summed E-state index contributed by atoms with van der Waals surface area (Å²) in [5.74, 6) is -1.15. The van der Waals surface area contributed by atoms with Crippen LogP contribution in [0.4, 0.5) is 5.69 Å². The average molecular weight is 355 g/mol. The molecule has 0 aliphatic rings. The topological polar surface area (TPSA) is 111 Å². The van der Waals surface area contributed by atoms with Gasteiger partial charge in [-0.2, -0.15) is 0 Å². The lowest BCUT2D eigenvalue weighted by Gasteiger charge is -2.06. The van der Waals surface area contributed by atoms with Gasteiger partial charge in [-0.25, -0.2) is 9.48 Å². The number of hydrogen-bond donors (Lipinski definition) is 1. The second-order valence-corrected chi connectivity index (χ2v) is 5.10. The van der Waals surface area contributed by atoms with Crippen molar-refractivity contribution in [2.24, 2.45) is 0 Å². The number of carbonyl (C=O) groups is 1. The third kappa shape index (κ3) is 2.92. The largest absolute Gasteiger partial charge is 0.476 e. The lowest BCUT2D eigenvalue weighted by molar-refractivity contribution is -0.385. The van der Waals surface area contributed by atoms with E-state index in [1.165, 1.54) is 22.9 Å². The summed E-state index contributed by atoms with van der Waals surface area (Å²) >= 11 is 3.12. The van der Waals surface area contributed by atoms with Crippen LogP contribution in [0.25, 0.3) is 5.69 Å². The molecule has 0 saturated carbocycles. The zero-order chi connectivity index (χ0) is 15.6. The Labute approximate surface area is 127 Å². The fraction of sp³-hybridized carbons (Fsp3) is 0.250. The van der Waals surface area contributed by atoms with E-state index in [0.29, 0.717) is 22.3 Å². The average Bonchev–Trinajstić information content (AvgIpc) is 2.82. The number of nitro groups is 1. The number of benzene rings is 1. The van der Waals surface area contributed by atoms with E-state index in [9.17, 15) is 14.9 Å². The van der Waals surface area contributed by atoms with Gasteiger partial charge in [0.05, 0.1) is 20.8 Å². The Balaban J connectivity index is 2.54. The molecule has 1 aromatic heterocycles. The second-order valence-electron chi connectivity index (χ2n) is 4.24. The van der Waals surface area contributed by atoms with Crippen molar-refractivity contribution in [3.05, 3.63) is 44.2 Å². The standard InChI is InChI=1S/C12H11BrN4O4/c1-2-3-10-11(12(18)19)14-15-16(10)7-4-5-9(17(20)21)8(13)6-7/h4-6H,2-3H2,1H3,(H,18,19). The van der Waals surface area contributed by atoms with Gasteiger partial charge in [-0.05, 0) is 34.5 Å². The monoisotopic (exact) mass is 354 g/mol. The van der Waals surface area contributed by atoms with E-state index in [1.807, 2.05) is 6.92 Å². The van der Waals surface area contributed by atoms with Crippen LogP contribution in [-0.4, -0.2) is 31.0 Å². The van der Waals surface area contributed by atoms with Gasteiger partial charge in [0.25, 0.3) is 5.69 Å². The van der Waals surface area contributed by atoms with Crippen LogP contribution in [0.5, 0.6) is 0 Å². The molecule has 0 aliphatic heterocycles. The van der Waals surface area contributed by atoms with Gasteiger partial charge in [-0.15, -0.1) is 5.10 Å². The van der Waals surface area contributed by atoms with Gasteiger partial charge in [0.15, 0.2) is 5.69 Å². The molecule has 1 heterocycles. The maximum Gasteiger partial charge on any atom is 0.358 e. The Morgan fingerprint density at radius 2 is 2.24 bits per heavy atom. The van der Waals surface area contributed by atoms with E-state index >= 15 is 0 Å². The van der Waals surface area contributed by atoms with Gasteiger partial charge in [0.1, 0.15) is 0 Å². The smallest absolute Gasteiger partial charge is 0.358 e. The summed E-state index contributed by atoms with van der Waals surface area (Å²) < 4.78 is 1.68. The molecule has 9 heteroatoms. The van der Waals surface area contributed by atoms with Gasteiger partial charge < -0.3 is 5.11 Å². The van der Waals surface area contributed by atoms with Crippen LogP contribution in [0.1, 0.15) is 29.5 Å². The van der Waals surface area contributed by atoms with Crippen molar-refractivity contribution < 1.29 is 14.8 Å². The normalized spacial score (nSPS) is 10.6. The first-order valence-corrected chi connectivity index (χ1v) is 6.87. The summed E-state index contributed by atoms with van der Waals surface area (Å²) in [4.78, 5) is 21.4. The van der Waals surface area contributed by atoms with Crippen LogP contribution < -0.4 is 0 Å². The number of carboxylic acids is 1. The first kappa shape index (κ1) is 15.1. The molecule has 1 N–H and O–H groups in total. The highest BCUT2D eigenvalue weighted by atomic mass is 79.9. The van der Waals surface area contributed by atoms with Crippen LogP contribution in [0.2, 0.25) is 0 Å². The van der Waals surface area contributed by atoms with Crippen molar-refractivity contribution in [3.63, 3.8) is 0 Å². The van der Waals surface area contributed by atoms with E-state index in [1.54, 1.807) is 0 Å². The molecule has 8 nitrogen and oxygen atoms in total. The quantitative estimate of drug-likeness (QED) is 0.652. The highest BCUT2D eigenvalue weighted by Crippen LogP contribution is 2.27. The van der Waals surface area contributed by atoms with Crippen molar-refractivity contribution in [1.29, 1.82) is 0 Å². The molecule has 0 bridgehead atoms. The number of nitrogens with zero attached hydrogens (tertiary/aromatic N) is 4. The number of nitro benzene ring substituents is 1. The third-order valence-corrected chi connectivity index (χ3v) is 3.46. The van der Waals surface area contributed by atoms with Crippen LogP contribution >= 0.6 is 15.9 Å². The Morgan fingerprint density at radius 1 is 1.52 bits per heavy atom. The molecule has 2 rings (SSSR count). The number of carboxylic acid groups (broad SMARTS) is 1. The highest BCUT2D eigenvalue weighted by molar-refractivity contribution is 9.10. The maximum absolute atomic E-state index is 11.1. The minimum absolute atomic E-state index is 0.0747. The van der Waals surface area contributed by atoms with Crippen molar-refractivity contribution in [3.8, 4) is 5.69 Å².